The molecule has 1 fully saturated rings. The minimum absolute atomic E-state index is 0.153. The Morgan fingerprint density at radius 3 is 2.81 bits per heavy atom. The molecule has 1 aliphatic heterocycles. The summed E-state index contributed by atoms with van der Waals surface area (Å²) in [6.07, 6.45) is 2.57. The molecule has 6 nitrogen and oxygen atoms in total. The fourth-order valence-electron chi connectivity index (χ4n) is 1.50. The molecule has 0 aromatic carbocycles. The summed E-state index contributed by atoms with van der Waals surface area (Å²) >= 11 is 0. The lowest BCUT2D eigenvalue weighted by Crippen LogP contribution is -2.50. The second kappa shape index (κ2) is 5.29. The average molecular weight is 225 g/mol. The van der Waals surface area contributed by atoms with Crippen molar-refractivity contribution in [3.8, 4) is 0 Å². The minimum Gasteiger partial charge on any atom is -0.368 e. The number of carbonyl (C=O) groups excluding carboxylic acids is 3. The lowest BCUT2D eigenvalue weighted by Gasteiger charge is -2.16. The molecule has 0 bridgehead atoms. The molecule has 1 aliphatic rings. The van der Waals surface area contributed by atoms with Crippen molar-refractivity contribution in [2.24, 2.45) is 5.73 Å². The van der Waals surface area contributed by atoms with Gasteiger partial charge in [0.05, 0.1) is 0 Å². The lowest BCUT2D eigenvalue weighted by atomic mass is 10.1. The average Bonchev–Trinajstić information content (AvgIpc) is 2.64. The predicted octanol–water partition coefficient (Wildman–Crippen LogP) is -1.19. The van der Waals surface area contributed by atoms with Gasteiger partial charge < -0.3 is 16.4 Å². The van der Waals surface area contributed by atoms with E-state index in [1.165, 1.54) is 6.08 Å². The van der Waals surface area contributed by atoms with Gasteiger partial charge in [-0.25, -0.2) is 0 Å². The minimum atomic E-state index is -0.762. The lowest BCUT2D eigenvalue weighted by molar-refractivity contribution is -0.129. The van der Waals surface area contributed by atoms with Gasteiger partial charge in [0.25, 0.3) is 0 Å². The van der Waals surface area contributed by atoms with Crippen molar-refractivity contribution in [2.75, 3.05) is 0 Å². The molecule has 0 spiro atoms. The first-order valence-corrected chi connectivity index (χ1v) is 5.04. The first-order valence-electron chi connectivity index (χ1n) is 5.04. The van der Waals surface area contributed by atoms with Gasteiger partial charge in [-0.1, -0.05) is 6.08 Å². The summed E-state index contributed by atoms with van der Waals surface area (Å²) in [5.41, 5.74) is 5.11. The first kappa shape index (κ1) is 12.2. The third kappa shape index (κ3) is 3.08. The fourth-order valence-corrected chi connectivity index (χ4v) is 1.50. The predicted molar refractivity (Wildman–Crippen MR) is 57.1 cm³/mol. The van der Waals surface area contributed by atoms with E-state index in [-0.39, 0.29) is 18.2 Å². The highest BCUT2D eigenvalue weighted by Crippen LogP contribution is 2.07. The quantitative estimate of drug-likeness (QED) is 0.513. The second-order valence-electron chi connectivity index (χ2n) is 3.65. The molecule has 4 N–H and O–H groups in total. The monoisotopic (exact) mass is 225 g/mol. The van der Waals surface area contributed by atoms with Gasteiger partial charge in [-0.15, -0.1) is 6.58 Å². The Kier molecular flexibility index (Phi) is 4.04. The van der Waals surface area contributed by atoms with Crippen LogP contribution in [0.4, 0.5) is 0 Å². The molecular weight excluding hydrogens is 210 g/mol. The maximum absolute atomic E-state index is 11.6. The molecule has 0 aromatic rings. The Balaban J connectivity index is 2.51. The highest BCUT2D eigenvalue weighted by molar-refractivity contribution is 5.93. The number of hydrogen-bond donors (Lipinski definition) is 3. The van der Waals surface area contributed by atoms with Crippen LogP contribution < -0.4 is 16.4 Å². The Morgan fingerprint density at radius 1 is 1.69 bits per heavy atom. The number of nitrogens with one attached hydrogen (secondary N) is 2. The Bertz CT molecular complexity index is 327. The first-order chi connectivity index (χ1) is 7.54. The second-order valence-corrected chi connectivity index (χ2v) is 3.65. The van der Waals surface area contributed by atoms with E-state index < -0.39 is 18.0 Å². The number of rotatable bonds is 5. The van der Waals surface area contributed by atoms with E-state index in [1.54, 1.807) is 0 Å². The van der Waals surface area contributed by atoms with E-state index in [2.05, 4.69) is 17.2 Å². The van der Waals surface area contributed by atoms with Crippen molar-refractivity contribution in [3.05, 3.63) is 12.7 Å². The normalized spacial score (nSPS) is 21.0. The Labute approximate surface area is 93.3 Å². The van der Waals surface area contributed by atoms with Crippen molar-refractivity contribution in [3.63, 3.8) is 0 Å². The zero-order valence-corrected chi connectivity index (χ0v) is 8.86. The molecule has 88 valence electrons. The van der Waals surface area contributed by atoms with Crippen LogP contribution in [-0.4, -0.2) is 29.8 Å². The molecule has 16 heavy (non-hydrogen) atoms. The third-order valence-electron chi connectivity index (χ3n) is 2.37. The van der Waals surface area contributed by atoms with Crippen molar-refractivity contribution in [2.45, 2.75) is 31.3 Å². The maximum atomic E-state index is 11.6. The number of primary amides is 1. The van der Waals surface area contributed by atoms with Crippen molar-refractivity contribution in [1.82, 2.24) is 10.6 Å². The van der Waals surface area contributed by atoms with Crippen LogP contribution in [0.15, 0.2) is 12.7 Å². The molecule has 0 radical (unpaired) electrons. The molecule has 0 aromatic heterocycles. The summed E-state index contributed by atoms with van der Waals surface area (Å²) in [6, 6.07) is -1.32. The van der Waals surface area contributed by atoms with E-state index in [9.17, 15) is 14.4 Å². The largest absolute Gasteiger partial charge is 0.368 e. The highest BCUT2D eigenvalue weighted by atomic mass is 16.2. The zero-order chi connectivity index (χ0) is 12.1. The molecule has 0 saturated carbocycles. The molecular formula is C10H15N3O3. The van der Waals surface area contributed by atoms with Crippen LogP contribution in [0.1, 0.15) is 19.3 Å². The van der Waals surface area contributed by atoms with E-state index in [1.807, 2.05) is 0 Å². The van der Waals surface area contributed by atoms with Crippen LogP contribution in [0.2, 0.25) is 0 Å². The maximum Gasteiger partial charge on any atom is 0.243 e. The van der Waals surface area contributed by atoms with Gasteiger partial charge in [-0.05, 0) is 12.8 Å². The van der Waals surface area contributed by atoms with Crippen molar-refractivity contribution >= 4 is 17.7 Å². The standard InChI is InChI=1S/C10H15N3O3/c1-2-3-6(9(11)15)13-10(16)7-4-5-8(14)12-7/h2,6-7H,1,3-5H2,(H2,11,15)(H,12,14)(H,13,16)/t6-,7+/m1/s1. The van der Waals surface area contributed by atoms with Gasteiger partial charge in [0, 0.05) is 6.42 Å². The SMILES string of the molecule is C=CC[C@@H](NC(=O)[C@@H]1CCC(=O)N1)C(N)=O. The van der Waals surface area contributed by atoms with Gasteiger partial charge in [-0.2, -0.15) is 0 Å². The van der Waals surface area contributed by atoms with Crippen LogP contribution in [0.3, 0.4) is 0 Å². The highest BCUT2D eigenvalue weighted by Gasteiger charge is 2.29. The van der Waals surface area contributed by atoms with Crippen LogP contribution in [-0.2, 0) is 14.4 Å². The smallest absolute Gasteiger partial charge is 0.243 e. The van der Waals surface area contributed by atoms with Gasteiger partial charge in [0.15, 0.2) is 0 Å². The van der Waals surface area contributed by atoms with Crippen LogP contribution in [0, 0.1) is 0 Å². The van der Waals surface area contributed by atoms with Gasteiger partial charge in [0.1, 0.15) is 12.1 Å². The van der Waals surface area contributed by atoms with Gasteiger partial charge >= 0.3 is 0 Å². The summed E-state index contributed by atoms with van der Waals surface area (Å²) in [7, 11) is 0. The van der Waals surface area contributed by atoms with Crippen LogP contribution >= 0.6 is 0 Å². The molecule has 0 aliphatic carbocycles. The zero-order valence-electron chi connectivity index (χ0n) is 8.86. The molecule has 0 unspecified atom stereocenters. The van der Waals surface area contributed by atoms with E-state index in [0.29, 0.717) is 12.8 Å². The summed E-state index contributed by atoms with van der Waals surface area (Å²) in [5, 5.41) is 4.99. The topological polar surface area (TPSA) is 101 Å². The molecule has 1 rings (SSSR count). The van der Waals surface area contributed by atoms with Gasteiger partial charge in [0.2, 0.25) is 17.7 Å². The van der Waals surface area contributed by atoms with Crippen LogP contribution in [0.5, 0.6) is 0 Å². The molecule has 1 heterocycles. The van der Waals surface area contributed by atoms with E-state index >= 15 is 0 Å². The summed E-state index contributed by atoms with van der Waals surface area (Å²) in [6.45, 7) is 3.47. The third-order valence-corrected chi connectivity index (χ3v) is 2.37. The van der Waals surface area contributed by atoms with Crippen molar-refractivity contribution < 1.29 is 14.4 Å². The summed E-state index contributed by atoms with van der Waals surface area (Å²) in [4.78, 5) is 33.5. The summed E-state index contributed by atoms with van der Waals surface area (Å²) < 4.78 is 0. The number of hydrogen-bond acceptors (Lipinski definition) is 3. The number of amides is 3. The molecule has 3 amide bonds. The van der Waals surface area contributed by atoms with Crippen molar-refractivity contribution in [1.29, 1.82) is 0 Å². The van der Waals surface area contributed by atoms with Crippen LogP contribution in [0.25, 0.3) is 0 Å². The Hall–Kier alpha value is -1.85. The number of carbonyl (C=O) groups is 3. The molecule has 1 saturated heterocycles. The molecule has 6 heteroatoms. The summed E-state index contributed by atoms with van der Waals surface area (Å²) in [5.74, 6) is -1.14. The number of nitrogens with two attached hydrogens (primary N) is 1. The van der Waals surface area contributed by atoms with Gasteiger partial charge in [-0.3, -0.25) is 14.4 Å². The van der Waals surface area contributed by atoms with E-state index in [0.717, 1.165) is 0 Å². The Morgan fingerprint density at radius 2 is 2.38 bits per heavy atom. The molecule has 2 atom stereocenters. The fraction of sp³-hybridized carbons (Fsp3) is 0.500. The van der Waals surface area contributed by atoms with E-state index in [4.69, 9.17) is 5.73 Å².